The van der Waals surface area contributed by atoms with E-state index in [1.807, 2.05) is 0 Å². The largest absolute Gasteiger partial charge is 0.504 e. The van der Waals surface area contributed by atoms with Gasteiger partial charge in [-0.25, -0.2) is 0 Å². The summed E-state index contributed by atoms with van der Waals surface area (Å²) in [6.45, 7) is 0. The van der Waals surface area contributed by atoms with Gasteiger partial charge in [-0.3, -0.25) is 14.9 Å². The molecule has 1 aromatic carbocycles. The van der Waals surface area contributed by atoms with E-state index >= 15 is 0 Å². The molecule has 5 nitrogen and oxygen atoms in total. The van der Waals surface area contributed by atoms with E-state index in [1.54, 1.807) is 6.07 Å². The van der Waals surface area contributed by atoms with Gasteiger partial charge in [-0.1, -0.05) is 0 Å². The number of benzene rings is 1. The van der Waals surface area contributed by atoms with E-state index in [4.69, 9.17) is 4.74 Å². The lowest BCUT2D eigenvalue weighted by Crippen LogP contribution is -2.17. The molecule has 0 aromatic heterocycles. The highest BCUT2D eigenvalue weighted by Crippen LogP contribution is 2.42. The van der Waals surface area contributed by atoms with Gasteiger partial charge >= 0.3 is 0 Å². The minimum Gasteiger partial charge on any atom is -0.504 e. The molecule has 2 amide bonds. The number of imide groups is 1. The summed E-state index contributed by atoms with van der Waals surface area (Å²) in [6, 6.07) is 1.59. The maximum atomic E-state index is 11.5. The van der Waals surface area contributed by atoms with Crippen LogP contribution in [0.25, 0.3) is 6.08 Å². The lowest BCUT2D eigenvalue weighted by molar-refractivity contribution is -0.115. The first-order valence-corrected chi connectivity index (χ1v) is 7.34. The number of thioether (sulfide) groups is 1. The quantitative estimate of drug-likeness (QED) is 0.734. The summed E-state index contributed by atoms with van der Waals surface area (Å²) >= 11 is 7.39. The Bertz CT molecular complexity index is 615. The molecule has 0 spiro atoms. The fourth-order valence-corrected chi connectivity index (χ4v) is 2.95. The second-order valence-electron chi connectivity index (χ2n) is 3.49. The predicted octanol–water partition coefficient (Wildman–Crippen LogP) is 3.25. The molecule has 19 heavy (non-hydrogen) atoms. The van der Waals surface area contributed by atoms with Crippen LogP contribution in [0.1, 0.15) is 5.56 Å². The van der Waals surface area contributed by atoms with Crippen molar-refractivity contribution in [3.63, 3.8) is 0 Å². The third kappa shape index (κ3) is 2.80. The van der Waals surface area contributed by atoms with Crippen molar-refractivity contribution in [1.82, 2.24) is 5.32 Å². The van der Waals surface area contributed by atoms with Crippen molar-refractivity contribution in [2.45, 2.75) is 0 Å². The van der Waals surface area contributed by atoms with Crippen LogP contribution in [0.5, 0.6) is 11.5 Å². The number of nitrogens with one attached hydrogen (secondary N) is 1. The van der Waals surface area contributed by atoms with E-state index in [-0.39, 0.29) is 16.4 Å². The maximum absolute atomic E-state index is 11.5. The molecule has 1 aliphatic heterocycles. The molecular weight excluding hydrogens is 402 g/mol. The molecule has 1 fully saturated rings. The Labute approximate surface area is 129 Å². The molecule has 8 heteroatoms. The summed E-state index contributed by atoms with van der Waals surface area (Å²) in [5, 5.41) is 11.8. The standard InChI is InChI=1S/C11H7Br2NO4S/c1-18-6-3-5(12)8(13)4(9(6)15)2-7-10(16)14-11(17)19-7/h2-3,15H,1H3,(H,14,16,17)/b7-2+. The molecule has 0 bridgehead atoms. The van der Waals surface area contributed by atoms with E-state index < -0.39 is 11.1 Å². The van der Waals surface area contributed by atoms with Crippen LogP contribution in [0, 0.1) is 0 Å². The van der Waals surface area contributed by atoms with Crippen LogP contribution >= 0.6 is 43.6 Å². The van der Waals surface area contributed by atoms with E-state index in [1.165, 1.54) is 13.2 Å². The average molecular weight is 409 g/mol. The molecule has 100 valence electrons. The van der Waals surface area contributed by atoms with Gasteiger partial charge < -0.3 is 9.84 Å². The first kappa shape index (κ1) is 14.4. The van der Waals surface area contributed by atoms with Gasteiger partial charge in [0, 0.05) is 14.5 Å². The first-order chi connectivity index (χ1) is 8.93. The van der Waals surface area contributed by atoms with Gasteiger partial charge in [0.2, 0.25) is 0 Å². The Hall–Kier alpha value is -0.990. The highest BCUT2D eigenvalue weighted by atomic mass is 79.9. The van der Waals surface area contributed by atoms with Gasteiger partial charge in [0.05, 0.1) is 12.0 Å². The van der Waals surface area contributed by atoms with Crippen molar-refractivity contribution in [3.05, 3.63) is 25.5 Å². The van der Waals surface area contributed by atoms with Crippen LogP contribution in [0.4, 0.5) is 4.79 Å². The first-order valence-electron chi connectivity index (χ1n) is 4.94. The van der Waals surface area contributed by atoms with Gasteiger partial charge in [-0.2, -0.15) is 0 Å². The third-order valence-electron chi connectivity index (χ3n) is 2.33. The molecule has 2 rings (SSSR count). The molecule has 0 unspecified atom stereocenters. The fraction of sp³-hybridized carbons (Fsp3) is 0.0909. The highest BCUT2D eigenvalue weighted by molar-refractivity contribution is 9.13. The molecule has 0 radical (unpaired) electrons. The SMILES string of the molecule is COc1cc(Br)c(Br)c(/C=C2/SC(=O)NC2=O)c1O. The van der Waals surface area contributed by atoms with E-state index in [2.05, 4.69) is 37.2 Å². The van der Waals surface area contributed by atoms with Gasteiger partial charge in [0.1, 0.15) is 0 Å². The van der Waals surface area contributed by atoms with Crippen molar-refractivity contribution in [3.8, 4) is 11.5 Å². The molecule has 1 aromatic rings. The van der Waals surface area contributed by atoms with E-state index in [0.717, 1.165) is 11.8 Å². The number of carbonyl (C=O) groups excluding carboxylic acids is 2. The summed E-state index contributed by atoms with van der Waals surface area (Å²) in [7, 11) is 1.42. The molecule has 0 aliphatic carbocycles. The zero-order chi connectivity index (χ0) is 14.2. The van der Waals surface area contributed by atoms with E-state index in [9.17, 15) is 14.7 Å². The normalized spacial score (nSPS) is 16.9. The van der Waals surface area contributed by atoms with Crippen molar-refractivity contribution >= 4 is 60.8 Å². The zero-order valence-corrected chi connectivity index (χ0v) is 13.5. The molecular formula is C11H7Br2NO4S. The fourth-order valence-electron chi connectivity index (χ4n) is 1.45. The van der Waals surface area contributed by atoms with Crippen LogP contribution in [0.2, 0.25) is 0 Å². The molecule has 1 aliphatic rings. The van der Waals surface area contributed by atoms with Crippen molar-refractivity contribution in [2.24, 2.45) is 0 Å². The van der Waals surface area contributed by atoms with Gasteiger partial charge in [0.25, 0.3) is 11.1 Å². The maximum Gasteiger partial charge on any atom is 0.290 e. The van der Waals surface area contributed by atoms with Crippen molar-refractivity contribution < 1.29 is 19.4 Å². The number of methoxy groups -OCH3 is 1. The Morgan fingerprint density at radius 3 is 2.63 bits per heavy atom. The van der Waals surface area contributed by atoms with Crippen LogP contribution in [-0.4, -0.2) is 23.4 Å². The summed E-state index contributed by atoms with van der Waals surface area (Å²) in [6.07, 6.45) is 1.43. The smallest absolute Gasteiger partial charge is 0.290 e. The predicted molar refractivity (Wildman–Crippen MR) is 79.2 cm³/mol. The number of amides is 2. The van der Waals surface area contributed by atoms with E-state index in [0.29, 0.717) is 14.5 Å². The molecule has 2 N–H and O–H groups in total. The Kier molecular flexibility index (Phi) is 4.22. The minimum absolute atomic E-state index is 0.113. The number of ether oxygens (including phenoxy) is 1. The average Bonchev–Trinajstić information content (AvgIpc) is 2.68. The molecule has 1 heterocycles. The van der Waals surface area contributed by atoms with Crippen LogP contribution < -0.4 is 10.1 Å². The van der Waals surface area contributed by atoms with Crippen molar-refractivity contribution in [2.75, 3.05) is 7.11 Å². The van der Waals surface area contributed by atoms with Crippen molar-refractivity contribution in [1.29, 1.82) is 0 Å². The number of halogens is 2. The number of carbonyl (C=O) groups is 2. The second kappa shape index (κ2) is 5.56. The Morgan fingerprint density at radius 1 is 1.42 bits per heavy atom. The summed E-state index contributed by atoms with van der Waals surface area (Å²) < 4.78 is 6.25. The van der Waals surface area contributed by atoms with Crippen LogP contribution in [0.3, 0.4) is 0 Å². The minimum atomic E-state index is -0.486. The van der Waals surface area contributed by atoms with Gasteiger partial charge in [-0.05, 0) is 55.8 Å². The number of hydrogen-bond donors (Lipinski definition) is 2. The number of aromatic hydroxyl groups is 1. The number of hydrogen-bond acceptors (Lipinski definition) is 5. The Morgan fingerprint density at radius 2 is 2.11 bits per heavy atom. The summed E-state index contributed by atoms with van der Waals surface area (Å²) in [5.41, 5.74) is 0.360. The Balaban J connectivity index is 2.57. The lowest BCUT2D eigenvalue weighted by Gasteiger charge is -2.10. The third-order valence-corrected chi connectivity index (χ3v) is 5.15. The number of phenolic OH excluding ortho intramolecular Hbond substituents is 1. The molecule has 0 atom stereocenters. The van der Waals surface area contributed by atoms with Gasteiger partial charge in [-0.15, -0.1) is 0 Å². The zero-order valence-electron chi connectivity index (χ0n) is 9.49. The second-order valence-corrected chi connectivity index (χ2v) is 6.15. The van der Waals surface area contributed by atoms with Crippen LogP contribution in [0.15, 0.2) is 19.9 Å². The van der Waals surface area contributed by atoms with Gasteiger partial charge in [0.15, 0.2) is 11.5 Å². The monoisotopic (exact) mass is 407 g/mol. The summed E-state index contributed by atoms with van der Waals surface area (Å²) in [5.74, 6) is -0.338. The summed E-state index contributed by atoms with van der Waals surface area (Å²) in [4.78, 5) is 22.8. The topological polar surface area (TPSA) is 75.6 Å². The number of phenols is 1. The molecule has 0 saturated carbocycles. The number of rotatable bonds is 2. The van der Waals surface area contributed by atoms with Crippen LogP contribution in [-0.2, 0) is 4.79 Å². The highest BCUT2D eigenvalue weighted by Gasteiger charge is 2.26. The lowest BCUT2D eigenvalue weighted by atomic mass is 10.1. The molecule has 1 saturated heterocycles.